The van der Waals surface area contributed by atoms with Gasteiger partial charge in [-0.25, -0.2) is 0 Å². The predicted octanol–water partition coefficient (Wildman–Crippen LogP) is 2.67. The summed E-state index contributed by atoms with van der Waals surface area (Å²) >= 11 is 0. The second-order valence-corrected chi connectivity index (χ2v) is 7.43. The molecule has 0 amide bonds. The molecule has 4 rings (SSSR count). The van der Waals surface area contributed by atoms with Crippen molar-refractivity contribution in [3.63, 3.8) is 0 Å². The average molecular weight is 354 g/mol. The van der Waals surface area contributed by atoms with Gasteiger partial charge in [0.15, 0.2) is 0 Å². The van der Waals surface area contributed by atoms with Crippen LogP contribution in [0.15, 0.2) is 36.9 Å². The van der Waals surface area contributed by atoms with Crippen molar-refractivity contribution in [3.8, 4) is 0 Å². The fraction of sp³-hybridized carbons (Fsp3) is 0.476. The molecule has 2 aliphatic rings. The molecule has 0 saturated carbocycles. The number of H-pyrrole nitrogens is 1. The minimum atomic E-state index is -0.500. The third-order valence-electron chi connectivity index (χ3n) is 6.28. The van der Waals surface area contributed by atoms with Crippen molar-refractivity contribution in [2.75, 3.05) is 26.8 Å². The number of hydrogen-bond acceptors (Lipinski definition) is 4. The number of hydrogen-bond donors (Lipinski definition) is 2. The molecule has 1 aromatic carbocycles. The molecule has 1 saturated heterocycles. The summed E-state index contributed by atoms with van der Waals surface area (Å²) in [5.74, 6) is -0.623. The number of benzene rings is 1. The number of aromatic amines is 1. The van der Waals surface area contributed by atoms with E-state index in [9.17, 15) is 9.90 Å². The number of para-hydroxylation sites is 1. The summed E-state index contributed by atoms with van der Waals surface area (Å²) in [6, 6.07) is 8.68. The van der Waals surface area contributed by atoms with Crippen molar-refractivity contribution in [3.05, 3.63) is 48.2 Å². The molecule has 4 atom stereocenters. The summed E-state index contributed by atoms with van der Waals surface area (Å²) in [5.41, 5.74) is 3.84. The van der Waals surface area contributed by atoms with E-state index in [1.54, 1.807) is 0 Å². The Morgan fingerprint density at radius 3 is 3.04 bits per heavy atom. The lowest BCUT2D eigenvalue weighted by atomic mass is 9.72. The molecule has 0 radical (unpaired) electrons. The number of piperidine rings is 1. The number of carbonyl (C=O) groups is 1. The molecule has 2 N–H and O–H groups in total. The number of fused-ring (bicyclic) bond motifs is 5. The highest BCUT2D eigenvalue weighted by molar-refractivity contribution is 5.85. The molecular weight excluding hydrogens is 328 g/mol. The average Bonchev–Trinajstić information content (AvgIpc) is 3.07. The summed E-state index contributed by atoms with van der Waals surface area (Å²) in [6.45, 7) is 5.67. The molecule has 0 bridgehead atoms. The van der Waals surface area contributed by atoms with E-state index < -0.39 is 5.92 Å². The van der Waals surface area contributed by atoms with Crippen LogP contribution in [0.2, 0.25) is 0 Å². The number of nitrogens with zero attached hydrogens (tertiary/aromatic N) is 1. The van der Waals surface area contributed by atoms with Gasteiger partial charge in [-0.15, -0.1) is 6.58 Å². The number of nitrogens with one attached hydrogen (secondary N) is 1. The van der Waals surface area contributed by atoms with Gasteiger partial charge in [-0.3, -0.25) is 9.69 Å². The Bertz CT molecular complexity index is 828. The zero-order valence-corrected chi connectivity index (χ0v) is 15.1. The van der Waals surface area contributed by atoms with Crippen LogP contribution < -0.4 is 0 Å². The van der Waals surface area contributed by atoms with Crippen LogP contribution in [0.4, 0.5) is 0 Å². The third-order valence-corrected chi connectivity index (χ3v) is 6.28. The van der Waals surface area contributed by atoms with Crippen LogP contribution in [-0.2, 0) is 16.0 Å². The molecule has 5 heteroatoms. The Kier molecular flexibility index (Phi) is 4.59. The lowest BCUT2D eigenvalue weighted by Crippen LogP contribution is -2.48. The second-order valence-electron chi connectivity index (χ2n) is 7.43. The van der Waals surface area contributed by atoms with Gasteiger partial charge >= 0.3 is 5.97 Å². The van der Waals surface area contributed by atoms with E-state index in [2.05, 4.69) is 40.7 Å². The van der Waals surface area contributed by atoms with E-state index in [1.807, 2.05) is 6.08 Å². The number of esters is 1. The maximum absolute atomic E-state index is 12.2. The van der Waals surface area contributed by atoms with Crippen LogP contribution in [0.1, 0.15) is 23.7 Å². The monoisotopic (exact) mass is 354 g/mol. The molecule has 138 valence electrons. The van der Waals surface area contributed by atoms with E-state index in [-0.39, 0.29) is 30.5 Å². The summed E-state index contributed by atoms with van der Waals surface area (Å²) in [6.07, 6.45) is 3.79. The maximum atomic E-state index is 12.2. The molecule has 0 spiro atoms. The fourth-order valence-corrected chi connectivity index (χ4v) is 4.94. The number of carbonyl (C=O) groups excluding carboxylic acids is 1. The zero-order valence-electron chi connectivity index (χ0n) is 15.1. The molecule has 0 unspecified atom stereocenters. The number of aromatic nitrogens is 1. The first-order valence-corrected chi connectivity index (χ1v) is 9.32. The van der Waals surface area contributed by atoms with Gasteiger partial charge in [0.2, 0.25) is 0 Å². The predicted molar refractivity (Wildman–Crippen MR) is 101 cm³/mol. The molecule has 1 fully saturated rings. The van der Waals surface area contributed by atoms with Crippen molar-refractivity contribution in [1.82, 2.24) is 9.88 Å². The quantitative estimate of drug-likeness (QED) is 0.654. The van der Waals surface area contributed by atoms with Gasteiger partial charge < -0.3 is 14.8 Å². The Morgan fingerprint density at radius 1 is 1.50 bits per heavy atom. The highest BCUT2D eigenvalue weighted by Gasteiger charge is 2.43. The van der Waals surface area contributed by atoms with Gasteiger partial charge in [-0.05, 0) is 36.3 Å². The topological polar surface area (TPSA) is 65.6 Å². The minimum Gasteiger partial charge on any atom is -0.469 e. The Balaban J connectivity index is 1.71. The van der Waals surface area contributed by atoms with Crippen LogP contribution in [0.25, 0.3) is 10.9 Å². The van der Waals surface area contributed by atoms with E-state index in [0.29, 0.717) is 0 Å². The summed E-state index contributed by atoms with van der Waals surface area (Å²) in [7, 11) is 1.39. The van der Waals surface area contributed by atoms with Gasteiger partial charge in [-0.1, -0.05) is 24.3 Å². The Morgan fingerprint density at radius 2 is 2.31 bits per heavy atom. The number of rotatable bonds is 4. The number of aliphatic hydroxyl groups excluding tert-OH is 1. The molecule has 5 nitrogen and oxygen atoms in total. The lowest BCUT2D eigenvalue weighted by Gasteiger charge is -2.47. The van der Waals surface area contributed by atoms with E-state index in [1.165, 1.54) is 29.3 Å². The SMILES string of the molecule is C=C[C@H]1CN2CCc3c([nH]c4ccccc34)[C@H]2C[C@@H]1[C@@H](CO)C(=O)OC. The fourth-order valence-electron chi connectivity index (χ4n) is 4.94. The molecule has 2 aromatic rings. The van der Waals surface area contributed by atoms with Crippen LogP contribution in [0.3, 0.4) is 0 Å². The van der Waals surface area contributed by atoms with Crippen molar-refractivity contribution in [2.24, 2.45) is 17.8 Å². The lowest BCUT2D eigenvalue weighted by molar-refractivity contribution is -0.151. The highest BCUT2D eigenvalue weighted by Crippen LogP contribution is 2.45. The second kappa shape index (κ2) is 6.89. The van der Waals surface area contributed by atoms with E-state index in [4.69, 9.17) is 4.74 Å². The number of aliphatic hydroxyl groups is 1. The van der Waals surface area contributed by atoms with Crippen LogP contribution in [0, 0.1) is 17.8 Å². The highest BCUT2D eigenvalue weighted by atomic mass is 16.5. The van der Waals surface area contributed by atoms with Crippen LogP contribution in [0.5, 0.6) is 0 Å². The standard InChI is InChI=1S/C21H26N2O3/c1-3-13-11-23-9-8-15-14-6-4-5-7-18(14)22-20(15)19(23)10-16(13)17(12-24)21(25)26-2/h3-7,13,16-17,19,22,24H,1,8-12H2,2H3/t13-,16-,17+,19+/m0/s1. The maximum Gasteiger partial charge on any atom is 0.311 e. The molecule has 3 heterocycles. The summed E-state index contributed by atoms with van der Waals surface area (Å²) in [5, 5.41) is 11.1. The van der Waals surface area contributed by atoms with Gasteiger partial charge in [0, 0.05) is 29.7 Å². The summed E-state index contributed by atoms with van der Waals surface area (Å²) in [4.78, 5) is 18.3. The molecular formula is C21H26N2O3. The first-order chi connectivity index (χ1) is 12.7. The van der Waals surface area contributed by atoms with Gasteiger partial charge in [0.05, 0.1) is 25.7 Å². The van der Waals surface area contributed by atoms with Crippen LogP contribution >= 0.6 is 0 Å². The smallest absolute Gasteiger partial charge is 0.311 e. The zero-order chi connectivity index (χ0) is 18.3. The number of methoxy groups -OCH3 is 1. The third kappa shape index (κ3) is 2.66. The summed E-state index contributed by atoms with van der Waals surface area (Å²) < 4.78 is 4.95. The molecule has 2 aliphatic heterocycles. The van der Waals surface area contributed by atoms with Crippen LogP contribution in [-0.4, -0.2) is 47.8 Å². The first-order valence-electron chi connectivity index (χ1n) is 9.32. The van der Waals surface area contributed by atoms with Gasteiger partial charge in [0.25, 0.3) is 0 Å². The number of ether oxygens (including phenoxy) is 1. The van der Waals surface area contributed by atoms with E-state index >= 15 is 0 Å². The minimum absolute atomic E-state index is 0.0311. The normalized spacial score (nSPS) is 26.8. The molecule has 1 aromatic heterocycles. The van der Waals surface area contributed by atoms with Crippen molar-refractivity contribution < 1.29 is 14.6 Å². The van der Waals surface area contributed by atoms with Crippen molar-refractivity contribution >= 4 is 16.9 Å². The van der Waals surface area contributed by atoms with E-state index in [0.717, 1.165) is 25.9 Å². The van der Waals surface area contributed by atoms with Crippen molar-refractivity contribution in [2.45, 2.75) is 18.9 Å². The van der Waals surface area contributed by atoms with Gasteiger partial charge in [-0.2, -0.15) is 0 Å². The van der Waals surface area contributed by atoms with Gasteiger partial charge in [0.1, 0.15) is 0 Å². The van der Waals surface area contributed by atoms with Crippen molar-refractivity contribution in [1.29, 1.82) is 0 Å². The molecule has 0 aliphatic carbocycles. The molecule has 26 heavy (non-hydrogen) atoms. The Labute approximate surface area is 153 Å². The Hall–Kier alpha value is -2.11. The first kappa shape index (κ1) is 17.3. The largest absolute Gasteiger partial charge is 0.469 e.